The van der Waals surface area contributed by atoms with Gasteiger partial charge in [-0.05, 0) is 24.6 Å². The molecule has 1 aromatic carbocycles. The summed E-state index contributed by atoms with van der Waals surface area (Å²) in [5, 5.41) is 9.61. The van der Waals surface area contributed by atoms with Gasteiger partial charge in [0.2, 0.25) is 0 Å². The maximum absolute atomic E-state index is 13.7. The van der Waals surface area contributed by atoms with Crippen molar-refractivity contribution in [3.63, 3.8) is 0 Å². The van der Waals surface area contributed by atoms with Gasteiger partial charge >= 0.3 is 6.18 Å². The average Bonchev–Trinajstić information content (AvgIpc) is 3.10. The summed E-state index contributed by atoms with van der Waals surface area (Å²) in [5.41, 5.74) is 0.681. The van der Waals surface area contributed by atoms with Crippen molar-refractivity contribution in [3.8, 4) is 5.75 Å². The Balaban J connectivity index is 1.96. The molecule has 29 heavy (non-hydrogen) atoms. The van der Waals surface area contributed by atoms with Crippen LogP contribution >= 0.6 is 0 Å². The molecule has 3 rings (SSSR count). The number of hydrogen-bond acceptors (Lipinski definition) is 5. The van der Waals surface area contributed by atoms with E-state index < -0.39 is 24.2 Å². The first-order valence-corrected chi connectivity index (χ1v) is 9.09. The number of anilines is 1. The molecule has 1 aromatic heterocycles. The Kier molecular flexibility index (Phi) is 6.02. The summed E-state index contributed by atoms with van der Waals surface area (Å²) >= 11 is 0. The Hall–Kier alpha value is -2.75. The van der Waals surface area contributed by atoms with Crippen molar-refractivity contribution < 1.29 is 27.4 Å². The average molecular weight is 412 g/mol. The molecule has 0 spiro atoms. The van der Waals surface area contributed by atoms with E-state index in [4.69, 9.17) is 9.47 Å². The minimum Gasteiger partial charge on any atom is -0.497 e. The molecule has 0 saturated carbocycles. The van der Waals surface area contributed by atoms with Crippen molar-refractivity contribution >= 4 is 11.7 Å². The summed E-state index contributed by atoms with van der Waals surface area (Å²) in [6.45, 7) is 2.02. The molecule has 2 heterocycles. The third-order valence-corrected chi connectivity index (χ3v) is 4.77. The molecule has 0 radical (unpaired) electrons. The number of halogens is 3. The van der Waals surface area contributed by atoms with E-state index in [0.717, 1.165) is 10.9 Å². The van der Waals surface area contributed by atoms with Gasteiger partial charge in [0.15, 0.2) is 6.04 Å². The maximum atomic E-state index is 13.7. The number of carbonyl (C=O) groups is 1. The van der Waals surface area contributed by atoms with Crippen molar-refractivity contribution in [1.29, 1.82) is 0 Å². The van der Waals surface area contributed by atoms with Gasteiger partial charge in [0, 0.05) is 19.6 Å². The molecule has 1 aliphatic heterocycles. The molecule has 2 aromatic rings. The fraction of sp³-hybridized carbons (Fsp3) is 0.474. The minimum atomic E-state index is -4.52. The quantitative estimate of drug-likeness (QED) is 0.761. The van der Waals surface area contributed by atoms with Crippen LogP contribution in [0.25, 0.3) is 0 Å². The van der Waals surface area contributed by atoms with Crippen LogP contribution in [-0.2, 0) is 4.74 Å². The first-order valence-electron chi connectivity index (χ1n) is 9.09. The number of amides is 1. The van der Waals surface area contributed by atoms with Crippen LogP contribution in [0.2, 0.25) is 0 Å². The lowest BCUT2D eigenvalue weighted by molar-refractivity contribution is -0.173. The number of carbonyl (C=O) groups excluding carboxylic acids is 1. The van der Waals surface area contributed by atoms with E-state index >= 15 is 0 Å². The fourth-order valence-electron chi connectivity index (χ4n) is 3.40. The van der Waals surface area contributed by atoms with Gasteiger partial charge in [-0.3, -0.25) is 4.79 Å². The van der Waals surface area contributed by atoms with E-state index in [0.29, 0.717) is 11.3 Å². The number of nitrogens with one attached hydrogen (secondary N) is 2. The summed E-state index contributed by atoms with van der Waals surface area (Å²) in [6.07, 6.45) is -3.62. The predicted octanol–water partition coefficient (Wildman–Crippen LogP) is 3.32. The van der Waals surface area contributed by atoms with Crippen LogP contribution in [0.5, 0.6) is 5.75 Å². The van der Waals surface area contributed by atoms with Crippen LogP contribution in [0.15, 0.2) is 30.5 Å². The summed E-state index contributed by atoms with van der Waals surface area (Å²) in [4.78, 5) is 12.6. The molecule has 158 valence electrons. The smallest absolute Gasteiger partial charge is 0.410 e. The van der Waals surface area contributed by atoms with Gasteiger partial charge in [-0.2, -0.15) is 18.3 Å². The van der Waals surface area contributed by atoms with Crippen molar-refractivity contribution in [2.24, 2.45) is 0 Å². The number of hydrogen-bond donors (Lipinski definition) is 2. The summed E-state index contributed by atoms with van der Waals surface area (Å²) in [7, 11) is 2.99. The third-order valence-electron chi connectivity index (χ3n) is 4.77. The number of alkyl halides is 3. The van der Waals surface area contributed by atoms with Crippen LogP contribution in [-0.4, -0.2) is 48.7 Å². The molecule has 0 aliphatic carbocycles. The Bertz CT molecular complexity index is 869. The zero-order valence-corrected chi connectivity index (χ0v) is 16.3. The van der Waals surface area contributed by atoms with Gasteiger partial charge in [-0.1, -0.05) is 12.1 Å². The monoisotopic (exact) mass is 412 g/mol. The molecule has 3 atom stereocenters. The van der Waals surface area contributed by atoms with Crippen molar-refractivity contribution in [2.75, 3.05) is 26.1 Å². The Morgan fingerprint density at radius 1 is 1.41 bits per heavy atom. The molecule has 0 fully saturated rings. The van der Waals surface area contributed by atoms with E-state index in [9.17, 15) is 18.0 Å². The zero-order valence-electron chi connectivity index (χ0n) is 16.3. The number of nitrogens with zero attached hydrogens (tertiary/aromatic N) is 2. The summed E-state index contributed by atoms with van der Waals surface area (Å²) in [6, 6.07) is 4.01. The number of benzene rings is 1. The molecule has 1 amide bonds. The number of ether oxygens (including phenoxy) is 2. The van der Waals surface area contributed by atoms with Crippen LogP contribution in [0.3, 0.4) is 0 Å². The fourth-order valence-corrected chi connectivity index (χ4v) is 3.40. The van der Waals surface area contributed by atoms with E-state index in [1.54, 1.807) is 31.2 Å². The lowest BCUT2D eigenvalue weighted by atomic mass is 9.96. The summed E-state index contributed by atoms with van der Waals surface area (Å²) in [5.74, 6) is 0.0577. The van der Waals surface area contributed by atoms with Crippen LogP contribution in [0.4, 0.5) is 19.0 Å². The molecule has 1 aliphatic rings. The van der Waals surface area contributed by atoms with Crippen molar-refractivity contribution in [2.45, 2.75) is 37.6 Å². The van der Waals surface area contributed by atoms with E-state index in [-0.39, 0.29) is 30.5 Å². The number of fused-ring (bicyclic) bond motifs is 1. The molecule has 2 N–H and O–H groups in total. The zero-order chi connectivity index (χ0) is 21.2. The number of rotatable bonds is 6. The second kappa shape index (κ2) is 8.32. The highest BCUT2D eigenvalue weighted by atomic mass is 19.4. The first-order chi connectivity index (χ1) is 13.7. The molecular formula is C19H23F3N4O3. The van der Waals surface area contributed by atoms with Crippen LogP contribution in [0, 0.1) is 0 Å². The molecule has 0 unspecified atom stereocenters. The number of aromatic nitrogens is 2. The van der Waals surface area contributed by atoms with Crippen molar-refractivity contribution in [1.82, 2.24) is 15.1 Å². The highest BCUT2D eigenvalue weighted by molar-refractivity contribution is 5.99. The normalized spacial score (nSPS) is 19.8. The van der Waals surface area contributed by atoms with Gasteiger partial charge < -0.3 is 20.1 Å². The van der Waals surface area contributed by atoms with Crippen molar-refractivity contribution in [3.05, 3.63) is 41.6 Å². The minimum absolute atomic E-state index is 0.0357. The second-order valence-corrected chi connectivity index (χ2v) is 6.95. The lowest BCUT2D eigenvalue weighted by Crippen LogP contribution is -2.38. The SMILES string of the molecule is COC[C@H](C)NC(=O)c1cnn2c1N[C@H](c1cccc(OC)c1)C[C@@H]2C(F)(F)F. The molecule has 10 heteroatoms. The van der Waals surface area contributed by atoms with Crippen LogP contribution < -0.4 is 15.4 Å². The third kappa shape index (κ3) is 4.47. The molecular weight excluding hydrogens is 389 g/mol. The molecule has 0 bridgehead atoms. The summed E-state index contributed by atoms with van der Waals surface area (Å²) < 4.78 is 52.2. The predicted molar refractivity (Wildman–Crippen MR) is 100 cm³/mol. The first kappa shape index (κ1) is 21.0. The Morgan fingerprint density at radius 2 is 2.17 bits per heavy atom. The van der Waals surface area contributed by atoms with E-state index in [1.165, 1.54) is 14.2 Å². The van der Waals surface area contributed by atoms with Gasteiger partial charge in [0.25, 0.3) is 5.91 Å². The Labute approximate surface area is 166 Å². The Morgan fingerprint density at radius 3 is 2.83 bits per heavy atom. The standard InChI is InChI=1S/C19H23F3N4O3/c1-11(10-28-2)24-18(27)14-9-23-26-16(19(20,21)22)8-15(25-17(14)26)12-5-4-6-13(7-12)29-3/h4-7,9,11,15-16,25H,8,10H2,1-3H3,(H,24,27)/t11-,15-,16+/m0/s1. The van der Waals surface area contributed by atoms with Gasteiger partial charge in [0.05, 0.1) is 26.0 Å². The second-order valence-electron chi connectivity index (χ2n) is 6.95. The highest BCUT2D eigenvalue weighted by Gasteiger charge is 2.47. The highest BCUT2D eigenvalue weighted by Crippen LogP contribution is 2.44. The van der Waals surface area contributed by atoms with E-state index in [1.807, 2.05) is 0 Å². The lowest BCUT2D eigenvalue weighted by Gasteiger charge is -2.34. The largest absolute Gasteiger partial charge is 0.497 e. The van der Waals surface area contributed by atoms with Gasteiger partial charge in [-0.15, -0.1) is 0 Å². The molecule has 0 saturated heterocycles. The maximum Gasteiger partial charge on any atom is 0.410 e. The van der Waals surface area contributed by atoms with E-state index in [2.05, 4.69) is 15.7 Å². The van der Waals surface area contributed by atoms with Crippen LogP contribution in [0.1, 0.15) is 41.3 Å². The van der Waals surface area contributed by atoms with Gasteiger partial charge in [0.1, 0.15) is 17.1 Å². The topological polar surface area (TPSA) is 77.4 Å². The van der Waals surface area contributed by atoms with Gasteiger partial charge in [-0.25, -0.2) is 4.68 Å². The molecule has 7 nitrogen and oxygen atoms in total. The number of methoxy groups -OCH3 is 2.